The maximum atomic E-state index is 13.1. The van der Waals surface area contributed by atoms with Crippen molar-refractivity contribution in [1.29, 1.82) is 0 Å². The van der Waals surface area contributed by atoms with Crippen LogP contribution in [0.1, 0.15) is 37.8 Å². The molecule has 0 aliphatic carbocycles. The second-order valence-corrected chi connectivity index (χ2v) is 4.82. The molecule has 3 heteroatoms. The second-order valence-electron chi connectivity index (χ2n) is 4.82. The number of halogens is 1. The van der Waals surface area contributed by atoms with Crippen LogP contribution in [0.4, 0.5) is 4.39 Å². The highest BCUT2D eigenvalue weighted by atomic mass is 19.1. The molecule has 0 fully saturated rings. The highest BCUT2D eigenvalue weighted by Crippen LogP contribution is 2.16. The molecule has 1 rings (SSSR count). The Kier molecular flexibility index (Phi) is 5.09. The molecule has 0 radical (unpaired) electrons. The van der Waals surface area contributed by atoms with Crippen molar-refractivity contribution in [1.82, 2.24) is 5.32 Å². The van der Waals surface area contributed by atoms with Crippen molar-refractivity contribution in [3.63, 3.8) is 0 Å². The first kappa shape index (κ1) is 14.1. The molecule has 96 valence electrons. The van der Waals surface area contributed by atoms with E-state index in [1.54, 1.807) is 13.0 Å². The number of nitrogens with one attached hydrogen (secondary N) is 1. The number of hydrogen-bond donors (Lipinski definition) is 2. The van der Waals surface area contributed by atoms with Gasteiger partial charge in [0.1, 0.15) is 5.82 Å². The standard InChI is InChI=1S/C14H22FNO/c1-4-14(3,7-8-17)16-10-12-5-6-13(15)11(2)9-12/h5-6,9,16-17H,4,7-8,10H2,1-3H3. The molecular formula is C14H22FNO. The summed E-state index contributed by atoms with van der Waals surface area (Å²) in [5, 5.41) is 12.4. The molecule has 1 aromatic rings. The van der Waals surface area contributed by atoms with E-state index in [-0.39, 0.29) is 18.0 Å². The quantitative estimate of drug-likeness (QED) is 0.800. The molecule has 0 aliphatic rings. The van der Waals surface area contributed by atoms with Gasteiger partial charge in [0.2, 0.25) is 0 Å². The number of aliphatic hydroxyl groups excluding tert-OH is 1. The lowest BCUT2D eigenvalue weighted by Gasteiger charge is -2.29. The Morgan fingerprint density at radius 2 is 2.12 bits per heavy atom. The van der Waals surface area contributed by atoms with Crippen LogP contribution in [0.2, 0.25) is 0 Å². The molecular weight excluding hydrogens is 217 g/mol. The van der Waals surface area contributed by atoms with Crippen LogP contribution in [-0.4, -0.2) is 17.3 Å². The van der Waals surface area contributed by atoms with Gasteiger partial charge in [-0.3, -0.25) is 0 Å². The summed E-state index contributed by atoms with van der Waals surface area (Å²) >= 11 is 0. The minimum absolute atomic E-state index is 0.0585. The molecule has 2 N–H and O–H groups in total. The van der Waals surface area contributed by atoms with Crippen LogP contribution < -0.4 is 5.32 Å². The summed E-state index contributed by atoms with van der Waals surface area (Å²) < 4.78 is 13.1. The SMILES string of the molecule is CCC(C)(CCO)NCc1ccc(F)c(C)c1. The van der Waals surface area contributed by atoms with Crippen LogP contribution in [0.5, 0.6) is 0 Å². The Hall–Kier alpha value is -0.930. The van der Waals surface area contributed by atoms with Gasteiger partial charge in [-0.1, -0.05) is 19.1 Å². The summed E-state index contributed by atoms with van der Waals surface area (Å²) in [7, 11) is 0. The van der Waals surface area contributed by atoms with E-state index in [0.29, 0.717) is 12.1 Å². The Balaban J connectivity index is 2.62. The fourth-order valence-electron chi connectivity index (χ4n) is 1.77. The topological polar surface area (TPSA) is 32.3 Å². The molecule has 1 atom stereocenters. The van der Waals surface area contributed by atoms with Crippen LogP contribution in [0, 0.1) is 12.7 Å². The number of aliphatic hydroxyl groups is 1. The van der Waals surface area contributed by atoms with Crippen molar-refractivity contribution in [2.75, 3.05) is 6.61 Å². The highest BCUT2D eigenvalue weighted by Gasteiger charge is 2.20. The van der Waals surface area contributed by atoms with E-state index in [0.717, 1.165) is 18.4 Å². The number of hydrogen-bond acceptors (Lipinski definition) is 2. The maximum absolute atomic E-state index is 13.1. The average Bonchev–Trinajstić information content (AvgIpc) is 2.31. The minimum Gasteiger partial charge on any atom is -0.396 e. The molecule has 2 nitrogen and oxygen atoms in total. The lowest BCUT2D eigenvalue weighted by Crippen LogP contribution is -2.42. The zero-order chi connectivity index (χ0) is 12.9. The smallest absolute Gasteiger partial charge is 0.126 e. The van der Waals surface area contributed by atoms with E-state index in [2.05, 4.69) is 19.2 Å². The van der Waals surface area contributed by atoms with Gasteiger partial charge in [0.15, 0.2) is 0 Å². The van der Waals surface area contributed by atoms with Gasteiger partial charge in [-0.2, -0.15) is 0 Å². The van der Waals surface area contributed by atoms with Crippen LogP contribution in [0.3, 0.4) is 0 Å². The number of rotatable bonds is 6. The first-order chi connectivity index (χ1) is 8.00. The zero-order valence-corrected chi connectivity index (χ0v) is 10.9. The molecule has 1 unspecified atom stereocenters. The van der Waals surface area contributed by atoms with Gasteiger partial charge >= 0.3 is 0 Å². The Morgan fingerprint density at radius 1 is 1.41 bits per heavy atom. The molecule has 0 bridgehead atoms. The predicted octanol–water partition coefficient (Wildman–Crippen LogP) is 2.77. The largest absolute Gasteiger partial charge is 0.396 e. The van der Waals surface area contributed by atoms with Crippen molar-refractivity contribution >= 4 is 0 Å². The van der Waals surface area contributed by atoms with Gasteiger partial charge < -0.3 is 10.4 Å². The third-order valence-electron chi connectivity index (χ3n) is 3.39. The lowest BCUT2D eigenvalue weighted by atomic mass is 9.94. The van der Waals surface area contributed by atoms with Crippen LogP contribution >= 0.6 is 0 Å². The van der Waals surface area contributed by atoms with Crippen molar-refractivity contribution in [2.24, 2.45) is 0 Å². The monoisotopic (exact) mass is 239 g/mol. The molecule has 17 heavy (non-hydrogen) atoms. The van der Waals surface area contributed by atoms with Gasteiger partial charge in [-0.05, 0) is 43.9 Å². The first-order valence-electron chi connectivity index (χ1n) is 6.11. The summed E-state index contributed by atoms with van der Waals surface area (Å²) in [6.45, 7) is 6.84. The van der Waals surface area contributed by atoms with Crippen molar-refractivity contribution in [2.45, 2.75) is 45.7 Å². The lowest BCUT2D eigenvalue weighted by molar-refractivity contribution is 0.214. The minimum atomic E-state index is -0.164. The molecule has 0 saturated carbocycles. The fourth-order valence-corrected chi connectivity index (χ4v) is 1.77. The Labute approximate surface area is 103 Å². The maximum Gasteiger partial charge on any atom is 0.126 e. The summed E-state index contributed by atoms with van der Waals surface area (Å²) in [6, 6.07) is 5.16. The van der Waals surface area contributed by atoms with Gasteiger partial charge in [0.25, 0.3) is 0 Å². The highest BCUT2D eigenvalue weighted by molar-refractivity contribution is 5.23. The Bertz CT molecular complexity index is 367. The van der Waals surface area contributed by atoms with E-state index in [9.17, 15) is 4.39 Å². The van der Waals surface area contributed by atoms with Crippen molar-refractivity contribution in [3.05, 3.63) is 35.1 Å². The zero-order valence-electron chi connectivity index (χ0n) is 10.9. The normalized spacial score (nSPS) is 14.6. The third-order valence-corrected chi connectivity index (χ3v) is 3.39. The van der Waals surface area contributed by atoms with Gasteiger partial charge in [-0.25, -0.2) is 4.39 Å². The molecule has 1 aromatic carbocycles. The van der Waals surface area contributed by atoms with E-state index in [1.807, 2.05) is 6.07 Å². The van der Waals surface area contributed by atoms with Crippen LogP contribution in [-0.2, 0) is 6.54 Å². The fraction of sp³-hybridized carbons (Fsp3) is 0.571. The molecule has 0 saturated heterocycles. The van der Waals surface area contributed by atoms with E-state index in [4.69, 9.17) is 5.11 Å². The third kappa shape index (κ3) is 4.10. The van der Waals surface area contributed by atoms with Crippen LogP contribution in [0.25, 0.3) is 0 Å². The number of benzene rings is 1. The van der Waals surface area contributed by atoms with Crippen molar-refractivity contribution < 1.29 is 9.50 Å². The average molecular weight is 239 g/mol. The van der Waals surface area contributed by atoms with E-state index in [1.165, 1.54) is 6.07 Å². The molecule has 0 aromatic heterocycles. The van der Waals surface area contributed by atoms with Gasteiger partial charge in [0, 0.05) is 18.7 Å². The summed E-state index contributed by atoms with van der Waals surface area (Å²) in [4.78, 5) is 0. The molecule has 0 heterocycles. The van der Waals surface area contributed by atoms with E-state index >= 15 is 0 Å². The molecule has 0 spiro atoms. The van der Waals surface area contributed by atoms with Crippen molar-refractivity contribution in [3.8, 4) is 0 Å². The first-order valence-corrected chi connectivity index (χ1v) is 6.11. The molecule has 0 aliphatic heterocycles. The van der Waals surface area contributed by atoms with E-state index < -0.39 is 0 Å². The Morgan fingerprint density at radius 3 is 2.65 bits per heavy atom. The summed E-state index contributed by atoms with van der Waals surface area (Å²) in [6.07, 6.45) is 1.68. The van der Waals surface area contributed by atoms with Gasteiger partial charge in [0.05, 0.1) is 0 Å². The number of aryl methyl sites for hydroxylation is 1. The summed E-state index contributed by atoms with van der Waals surface area (Å²) in [5.41, 5.74) is 1.68. The summed E-state index contributed by atoms with van der Waals surface area (Å²) in [5.74, 6) is -0.164. The van der Waals surface area contributed by atoms with Gasteiger partial charge in [-0.15, -0.1) is 0 Å². The molecule has 0 amide bonds. The van der Waals surface area contributed by atoms with Crippen LogP contribution in [0.15, 0.2) is 18.2 Å². The predicted molar refractivity (Wildman–Crippen MR) is 68.4 cm³/mol. The second kappa shape index (κ2) is 6.12.